The van der Waals surface area contributed by atoms with Crippen LogP contribution in [0.15, 0.2) is 71.9 Å². The van der Waals surface area contributed by atoms with E-state index in [0.717, 1.165) is 24.2 Å². The van der Waals surface area contributed by atoms with Crippen LogP contribution >= 0.6 is 0 Å². The molecule has 0 spiro atoms. The lowest BCUT2D eigenvalue weighted by Crippen LogP contribution is -2.16. The quantitative estimate of drug-likeness (QED) is 0.556. The number of carbonyl (C=O) groups is 1. The van der Waals surface area contributed by atoms with Crippen molar-refractivity contribution in [1.29, 1.82) is 0 Å². The van der Waals surface area contributed by atoms with Crippen LogP contribution in [0.1, 0.15) is 24.5 Å². The fourth-order valence-corrected chi connectivity index (χ4v) is 2.65. The summed E-state index contributed by atoms with van der Waals surface area (Å²) in [7, 11) is 0. The Balaban J connectivity index is 1.77. The summed E-state index contributed by atoms with van der Waals surface area (Å²) in [6.07, 6.45) is -3.27. The Bertz CT molecular complexity index is 1100. The number of halogens is 3. The first-order chi connectivity index (χ1) is 14.9. The number of rotatable bonds is 6. The number of ether oxygens (including phenoxy) is 2. The van der Waals surface area contributed by atoms with E-state index in [-0.39, 0.29) is 17.5 Å². The summed E-state index contributed by atoms with van der Waals surface area (Å²) < 4.78 is 50.6. The van der Waals surface area contributed by atoms with Crippen LogP contribution in [-0.4, -0.2) is 22.5 Å². The highest BCUT2D eigenvalue weighted by Gasteiger charge is 2.30. The van der Waals surface area contributed by atoms with Gasteiger partial charge < -0.3 is 9.47 Å². The molecule has 1 aromatic heterocycles. The second-order valence-corrected chi connectivity index (χ2v) is 6.51. The number of para-hydroxylation sites is 1. The molecule has 3 aromatic rings. The summed E-state index contributed by atoms with van der Waals surface area (Å²) in [6, 6.07) is 15.4. The zero-order chi connectivity index (χ0) is 22.3. The molecule has 0 saturated heterocycles. The average molecular weight is 431 g/mol. The SMILES string of the molecule is CCCOc1c/c(=N\C(=O)OCc2cccc(C(F)(F)F)c2)cnn1-c1ccccc1. The van der Waals surface area contributed by atoms with Gasteiger partial charge in [0, 0.05) is 6.07 Å². The van der Waals surface area contributed by atoms with Gasteiger partial charge in [-0.1, -0.05) is 37.3 Å². The lowest BCUT2D eigenvalue weighted by atomic mass is 10.1. The van der Waals surface area contributed by atoms with Crippen molar-refractivity contribution >= 4 is 6.09 Å². The van der Waals surface area contributed by atoms with Gasteiger partial charge in [-0.15, -0.1) is 0 Å². The molecule has 0 N–H and O–H groups in total. The number of alkyl halides is 3. The highest BCUT2D eigenvalue weighted by atomic mass is 19.4. The molecule has 31 heavy (non-hydrogen) atoms. The molecule has 0 aliphatic carbocycles. The Morgan fingerprint density at radius 1 is 1.10 bits per heavy atom. The number of nitrogens with zero attached hydrogens (tertiary/aromatic N) is 3. The predicted octanol–water partition coefficient (Wildman–Crippen LogP) is 4.92. The van der Waals surface area contributed by atoms with Crippen molar-refractivity contribution < 1.29 is 27.4 Å². The molecule has 9 heteroatoms. The number of hydrogen-bond donors (Lipinski definition) is 0. The van der Waals surface area contributed by atoms with Crippen molar-refractivity contribution in [2.24, 2.45) is 4.99 Å². The van der Waals surface area contributed by atoms with Gasteiger partial charge in [-0.25, -0.2) is 9.48 Å². The third kappa shape index (κ3) is 6.18. The standard InChI is InChI=1S/C22H20F3N3O3/c1-2-11-30-20-13-18(14-26-28(20)19-9-4-3-5-10-19)27-21(29)31-15-16-7-6-8-17(12-16)22(23,24)25/h3-10,12-14H,2,11,15H2,1H3/b27-18+. The second kappa shape index (κ2) is 9.92. The molecule has 0 radical (unpaired) electrons. The Labute approximate surface area is 176 Å². The Morgan fingerprint density at radius 2 is 1.87 bits per heavy atom. The maximum absolute atomic E-state index is 12.8. The van der Waals surface area contributed by atoms with Crippen LogP contribution < -0.4 is 10.1 Å². The van der Waals surface area contributed by atoms with Crippen molar-refractivity contribution in [3.05, 3.63) is 83.3 Å². The Hall–Kier alpha value is -3.62. The maximum atomic E-state index is 12.8. The van der Waals surface area contributed by atoms with Crippen LogP contribution in [0.4, 0.5) is 18.0 Å². The first kappa shape index (κ1) is 22.1. The van der Waals surface area contributed by atoms with Crippen molar-refractivity contribution in [3.63, 3.8) is 0 Å². The van der Waals surface area contributed by atoms with E-state index in [1.165, 1.54) is 18.3 Å². The highest BCUT2D eigenvalue weighted by molar-refractivity contribution is 5.68. The zero-order valence-corrected chi connectivity index (χ0v) is 16.7. The van der Waals surface area contributed by atoms with Crippen molar-refractivity contribution in [1.82, 2.24) is 9.78 Å². The Morgan fingerprint density at radius 3 is 2.58 bits per heavy atom. The van der Waals surface area contributed by atoms with E-state index in [2.05, 4.69) is 10.1 Å². The first-order valence-electron chi connectivity index (χ1n) is 9.52. The minimum atomic E-state index is -4.47. The van der Waals surface area contributed by atoms with Gasteiger partial charge in [-0.05, 0) is 36.2 Å². The molecule has 3 rings (SSSR count). The fourth-order valence-electron chi connectivity index (χ4n) is 2.65. The van der Waals surface area contributed by atoms with Gasteiger partial charge in [0.1, 0.15) is 6.61 Å². The number of hydrogen-bond acceptors (Lipinski definition) is 4. The maximum Gasteiger partial charge on any atom is 0.434 e. The lowest BCUT2D eigenvalue weighted by Gasteiger charge is -2.12. The van der Waals surface area contributed by atoms with E-state index in [1.54, 1.807) is 10.7 Å². The number of carbonyl (C=O) groups excluding carboxylic acids is 1. The largest absolute Gasteiger partial charge is 0.478 e. The van der Waals surface area contributed by atoms with Crippen LogP contribution in [0, 0.1) is 0 Å². The van der Waals surface area contributed by atoms with Crippen LogP contribution in [-0.2, 0) is 17.5 Å². The molecule has 1 amide bonds. The summed E-state index contributed by atoms with van der Waals surface area (Å²) in [5, 5.41) is 4.48. The van der Waals surface area contributed by atoms with E-state index in [4.69, 9.17) is 9.47 Å². The zero-order valence-electron chi connectivity index (χ0n) is 16.7. The summed E-state index contributed by atoms with van der Waals surface area (Å²) in [4.78, 5) is 15.9. The fraction of sp³-hybridized carbons (Fsp3) is 0.227. The van der Waals surface area contributed by atoms with Crippen molar-refractivity contribution in [2.45, 2.75) is 26.1 Å². The molecule has 6 nitrogen and oxygen atoms in total. The van der Waals surface area contributed by atoms with Gasteiger partial charge in [0.2, 0.25) is 5.88 Å². The summed E-state index contributed by atoms with van der Waals surface area (Å²) in [5.41, 5.74) is 0.166. The van der Waals surface area contributed by atoms with Gasteiger partial charge in [0.15, 0.2) is 0 Å². The molecule has 0 atom stereocenters. The minimum Gasteiger partial charge on any atom is -0.478 e. The smallest absolute Gasteiger partial charge is 0.434 e. The van der Waals surface area contributed by atoms with Crippen molar-refractivity contribution in [2.75, 3.05) is 6.61 Å². The summed E-state index contributed by atoms with van der Waals surface area (Å²) in [6.45, 7) is 2.06. The molecule has 0 saturated carbocycles. The van der Waals surface area contributed by atoms with Crippen LogP contribution in [0.3, 0.4) is 0 Å². The monoisotopic (exact) mass is 431 g/mol. The van der Waals surface area contributed by atoms with Crippen LogP contribution in [0.25, 0.3) is 5.69 Å². The van der Waals surface area contributed by atoms with Gasteiger partial charge >= 0.3 is 12.3 Å². The van der Waals surface area contributed by atoms with Crippen molar-refractivity contribution in [3.8, 4) is 11.6 Å². The molecule has 2 aromatic carbocycles. The summed E-state index contributed by atoms with van der Waals surface area (Å²) >= 11 is 0. The van der Waals surface area contributed by atoms with E-state index < -0.39 is 17.8 Å². The van der Waals surface area contributed by atoms with E-state index in [0.29, 0.717) is 12.5 Å². The summed E-state index contributed by atoms with van der Waals surface area (Å²) in [5.74, 6) is 0.389. The average Bonchev–Trinajstić information content (AvgIpc) is 2.76. The van der Waals surface area contributed by atoms with E-state index in [1.807, 2.05) is 37.3 Å². The van der Waals surface area contributed by atoms with E-state index in [9.17, 15) is 18.0 Å². The second-order valence-electron chi connectivity index (χ2n) is 6.51. The topological polar surface area (TPSA) is 65.7 Å². The molecule has 0 aliphatic heterocycles. The molecule has 0 unspecified atom stereocenters. The highest BCUT2D eigenvalue weighted by Crippen LogP contribution is 2.29. The molecule has 1 heterocycles. The molecular weight excluding hydrogens is 411 g/mol. The van der Waals surface area contributed by atoms with Gasteiger partial charge in [0.05, 0.1) is 29.4 Å². The molecular formula is C22H20F3N3O3. The molecule has 0 bridgehead atoms. The van der Waals surface area contributed by atoms with E-state index >= 15 is 0 Å². The molecule has 0 aliphatic rings. The number of benzene rings is 2. The third-order valence-electron chi connectivity index (χ3n) is 4.08. The molecule has 0 fully saturated rings. The minimum absolute atomic E-state index is 0.201. The normalized spacial score (nSPS) is 11.9. The molecule has 162 valence electrons. The van der Waals surface area contributed by atoms with Gasteiger partial charge in [-0.2, -0.15) is 23.3 Å². The van der Waals surface area contributed by atoms with Crippen LogP contribution in [0.2, 0.25) is 0 Å². The number of aromatic nitrogens is 2. The van der Waals surface area contributed by atoms with Gasteiger partial charge in [-0.3, -0.25) is 0 Å². The lowest BCUT2D eigenvalue weighted by molar-refractivity contribution is -0.137. The van der Waals surface area contributed by atoms with Gasteiger partial charge in [0.25, 0.3) is 0 Å². The Kier molecular flexibility index (Phi) is 7.07. The predicted molar refractivity (Wildman–Crippen MR) is 107 cm³/mol. The van der Waals surface area contributed by atoms with Crippen LogP contribution in [0.5, 0.6) is 5.88 Å². The first-order valence-corrected chi connectivity index (χ1v) is 9.52. The third-order valence-corrected chi connectivity index (χ3v) is 4.08. The number of amides is 1.